The maximum atomic E-state index is 13.1. The molecule has 3 rings (SSSR count). The number of rotatable bonds is 5. The van der Waals surface area contributed by atoms with Crippen molar-refractivity contribution in [3.63, 3.8) is 0 Å². The SMILES string of the molecule is COc1ccc(S(=O)(=O)N2CCC[C@H](C(=O)N3CC[NH+](C)CC3)C2)cc1OC. The summed E-state index contributed by atoms with van der Waals surface area (Å²) >= 11 is 0. The molecule has 1 N–H and O–H groups in total. The zero-order valence-corrected chi connectivity index (χ0v) is 17.6. The van der Waals surface area contributed by atoms with Gasteiger partial charge < -0.3 is 19.3 Å². The number of likely N-dealkylation sites (N-methyl/N-ethyl adjacent to an activating group) is 1. The maximum Gasteiger partial charge on any atom is 0.243 e. The van der Waals surface area contributed by atoms with Gasteiger partial charge in [-0.15, -0.1) is 0 Å². The van der Waals surface area contributed by atoms with Gasteiger partial charge in [0.2, 0.25) is 15.9 Å². The molecule has 8 nitrogen and oxygen atoms in total. The average molecular weight is 413 g/mol. The second-order valence-electron chi connectivity index (χ2n) is 7.50. The lowest BCUT2D eigenvalue weighted by Crippen LogP contribution is -3.12. The zero-order valence-electron chi connectivity index (χ0n) is 16.8. The highest BCUT2D eigenvalue weighted by atomic mass is 32.2. The number of quaternary nitrogens is 1. The summed E-state index contributed by atoms with van der Waals surface area (Å²) in [5, 5.41) is 0. The van der Waals surface area contributed by atoms with E-state index in [1.165, 1.54) is 35.6 Å². The van der Waals surface area contributed by atoms with Gasteiger partial charge in [-0.25, -0.2) is 8.42 Å². The molecule has 2 aliphatic rings. The fraction of sp³-hybridized carbons (Fsp3) is 0.632. The Morgan fingerprint density at radius 2 is 1.79 bits per heavy atom. The van der Waals surface area contributed by atoms with E-state index in [0.717, 1.165) is 32.6 Å². The van der Waals surface area contributed by atoms with Crippen LogP contribution in [-0.2, 0) is 14.8 Å². The fourth-order valence-electron chi connectivity index (χ4n) is 3.86. The number of carbonyl (C=O) groups is 1. The molecule has 0 radical (unpaired) electrons. The maximum absolute atomic E-state index is 13.1. The number of hydrogen-bond donors (Lipinski definition) is 1. The van der Waals surface area contributed by atoms with Crippen LogP contribution in [0.3, 0.4) is 0 Å². The number of methoxy groups -OCH3 is 2. The van der Waals surface area contributed by atoms with Crippen LogP contribution in [0.5, 0.6) is 11.5 Å². The molecule has 28 heavy (non-hydrogen) atoms. The molecule has 156 valence electrons. The zero-order chi connectivity index (χ0) is 20.3. The van der Waals surface area contributed by atoms with Crippen LogP contribution in [0.2, 0.25) is 0 Å². The second kappa shape index (κ2) is 8.67. The molecule has 0 saturated carbocycles. The van der Waals surface area contributed by atoms with E-state index in [0.29, 0.717) is 24.5 Å². The molecular weight excluding hydrogens is 382 g/mol. The predicted octanol–water partition coefficient (Wildman–Crippen LogP) is -0.539. The third kappa shape index (κ3) is 4.26. The first-order valence-electron chi connectivity index (χ1n) is 9.69. The largest absolute Gasteiger partial charge is 0.493 e. The van der Waals surface area contributed by atoms with Gasteiger partial charge in [-0.1, -0.05) is 0 Å². The van der Waals surface area contributed by atoms with Gasteiger partial charge >= 0.3 is 0 Å². The third-order valence-corrected chi connectivity index (χ3v) is 7.52. The van der Waals surface area contributed by atoms with Gasteiger partial charge in [-0.2, -0.15) is 4.31 Å². The fourth-order valence-corrected chi connectivity index (χ4v) is 5.40. The van der Waals surface area contributed by atoms with E-state index in [1.807, 2.05) is 4.90 Å². The highest BCUT2D eigenvalue weighted by molar-refractivity contribution is 7.89. The number of carbonyl (C=O) groups excluding carboxylic acids is 1. The summed E-state index contributed by atoms with van der Waals surface area (Å²) in [7, 11) is 1.40. The smallest absolute Gasteiger partial charge is 0.243 e. The Labute approximate surface area is 167 Å². The molecule has 0 aromatic heterocycles. The van der Waals surface area contributed by atoms with E-state index in [4.69, 9.17) is 9.47 Å². The topological polar surface area (TPSA) is 80.6 Å². The first kappa shape index (κ1) is 20.9. The van der Waals surface area contributed by atoms with Crippen molar-refractivity contribution in [2.45, 2.75) is 17.7 Å². The van der Waals surface area contributed by atoms with E-state index in [1.54, 1.807) is 6.07 Å². The van der Waals surface area contributed by atoms with Crippen molar-refractivity contribution in [1.29, 1.82) is 0 Å². The summed E-state index contributed by atoms with van der Waals surface area (Å²) in [5.74, 6) is 0.653. The number of benzene rings is 1. The van der Waals surface area contributed by atoms with Gasteiger partial charge in [0, 0.05) is 19.2 Å². The van der Waals surface area contributed by atoms with Crippen LogP contribution in [-0.4, -0.2) is 84.1 Å². The summed E-state index contributed by atoms with van der Waals surface area (Å²) < 4.78 is 38.1. The molecule has 0 bridgehead atoms. The van der Waals surface area contributed by atoms with E-state index >= 15 is 0 Å². The first-order chi connectivity index (χ1) is 13.4. The van der Waals surface area contributed by atoms with Crippen LogP contribution in [0.4, 0.5) is 0 Å². The van der Waals surface area contributed by atoms with Crippen LogP contribution in [0.25, 0.3) is 0 Å². The van der Waals surface area contributed by atoms with E-state index in [-0.39, 0.29) is 23.3 Å². The lowest BCUT2D eigenvalue weighted by Gasteiger charge is -2.36. The van der Waals surface area contributed by atoms with Crippen LogP contribution >= 0.6 is 0 Å². The summed E-state index contributed by atoms with van der Waals surface area (Å²) in [5.41, 5.74) is 0. The molecule has 2 saturated heterocycles. The van der Waals surface area contributed by atoms with Crippen LogP contribution in [0, 0.1) is 5.92 Å². The van der Waals surface area contributed by atoms with Crippen LogP contribution in [0.1, 0.15) is 12.8 Å². The van der Waals surface area contributed by atoms with E-state index in [2.05, 4.69) is 7.05 Å². The van der Waals surface area contributed by atoms with Gasteiger partial charge in [0.25, 0.3) is 0 Å². The first-order valence-corrected chi connectivity index (χ1v) is 11.1. The average Bonchev–Trinajstić information content (AvgIpc) is 2.73. The van der Waals surface area contributed by atoms with Gasteiger partial charge in [-0.05, 0) is 25.0 Å². The summed E-state index contributed by atoms with van der Waals surface area (Å²) in [6.07, 6.45) is 1.41. The monoisotopic (exact) mass is 412 g/mol. The normalized spacial score (nSPS) is 22.1. The van der Waals surface area contributed by atoms with Crippen molar-refractivity contribution < 1.29 is 27.6 Å². The standard InChI is InChI=1S/C19H29N3O5S/c1-20-9-11-21(12-10-20)19(23)15-5-4-8-22(14-15)28(24,25)16-6-7-17(26-2)18(13-16)27-3/h6-7,13,15H,4-5,8-12,14H2,1-3H3/p+1/t15-/m0/s1. The Morgan fingerprint density at radius 3 is 2.43 bits per heavy atom. The van der Waals surface area contributed by atoms with Crippen molar-refractivity contribution in [1.82, 2.24) is 9.21 Å². The summed E-state index contributed by atoms with van der Waals surface area (Å²) in [4.78, 5) is 16.4. The molecule has 2 heterocycles. The molecular formula is C19H30N3O5S+. The number of sulfonamides is 1. The number of ether oxygens (including phenoxy) is 2. The molecule has 2 aliphatic heterocycles. The minimum Gasteiger partial charge on any atom is -0.493 e. The van der Waals surface area contributed by atoms with Crippen molar-refractivity contribution in [3.8, 4) is 11.5 Å². The molecule has 1 atom stereocenters. The minimum atomic E-state index is -3.70. The van der Waals surface area contributed by atoms with Gasteiger partial charge in [0.05, 0.1) is 58.3 Å². The number of piperazine rings is 1. The lowest BCUT2D eigenvalue weighted by atomic mass is 9.98. The third-order valence-electron chi connectivity index (χ3n) is 5.65. The Hall–Kier alpha value is -1.84. The Balaban J connectivity index is 1.75. The molecule has 1 amide bonds. The van der Waals surface area contributed by atoms with Crippen LogP contribution < -0.4 is 14.4 Å². The molecule has 1 aromatic carbocycles. The Kier molecular flexibility index (Phi) is 6.47. The van der Waals surface area contributed by atoms with E-state index < -0.39 is 10.0 Å². The number of nitrogens with one attached hydrogen (secondary N) is 1. The number of hydrogen-bond acceptors (Lipinski definition) is 5. The highest BCUT2D eigenvalue weighted by Crippen LogP contribution is 2.32. The predicted molar refractivity (Wildman–Crippen MR) is 104 cm³/mol. The molecule has 9 heteroatoms. The molecule has 2 fully saturated rings. The molecule has 1 aromatic rings. The summed E-state index contributed by atoms with van der Waals surface area (Å²) in [6, 6.07) is 4.58. The van der Waals surface area contributed by atoms with Gasteiger partial charge in [0.1, 0.15) is 0 Å². The van der Waals surface area contributed by atoms with Crippen molar-refractivity contribution in [3.05, 3.63) is 18.2 Å². The van der Waals surface area contributed by atoms with Crippen molar-refractivity contribution in [2.75, 3.05) is 60.5 Å². The summed E-state index contributed by atoms with van der Waals surface area (Å²) in [6.45, 7) is 4.01. The van der Waals surface area contributed by atoms with Crippen molar-refractivity contribution >= 4 is 15.9 Å². The molecule has 0 spiro atoms. The van der Waals surface area contributed by atoms with Crippen LogP contribution in [0.15, 0.2) is 23.1 Å². The van der Waals surface area contributed by atoms with Gasteiger partial charge in [-0.3, -0.25) is 4.79 Å². The van der Waals surface area contributed by atoms with E-state index in [9.17, 15) is 13.2 Å². The van der Waals surface area contributed by atoms with Crippen molar-refractivity contribution in [2.24, 2.45) is 5.92 Å². The second-order valence-corrected chi connectivity index (χ2v) is 9.44. The quantitative estimate of drug-likeness (QED) is 0.703. The Bertz CT molecular complexity index is 806. The minimum absolute atomic E-state index is 0.0831. The number of amides is 1. The highest BCUT2D eigenvalue weighted by Gasteiger charge is 2.36. The molecule has 0 unspecified atom stereocenters. The number of piperidine rings is 1. The van der Waals surface area contributed by atoms with Gasteiger partial charge in [0.15, 0.2) is 11.5 Å². The number of nitrogens with zero attached hydrogens (tertiary/aromatic N) is 2. The lowest BCUT2D eigenvalue weighted by molar-refractivity contribution is -0.883. The molecule has 0 aliphatic carbocycles. The Morgan fingerprint density at radius 1 is 1.11 bits per heavy atom.